The molecule has 0 aliphatic carbocycles. The van der Waals surface area contributed by atoms with E-state index in [2.05, 4.69) is 4.72 Å². The largest absolute Gasteiger partial charge is 0.496 e. The highest BCUT2D eigenvalue weighted by Gasteiger charge is 2.18. The van der Waals surface area contributed by atoms with E-state index in [0.29, 0.717) is 33.8 Å². The van der Waals surface area contributed by atoms with Crippen molar-refractivity contribution < 1.29 is 22.6 Å². The number of benzene rings is 3. The fourth-order valence-corrected chi connectivity index (χ4v) is 4.56. The summed E-state index contributed by atoms with van der Waals surface area (Å²) >= 11 is 0. The molecule has 1 aromatic heterocycles. The number of aromatic nitrogens is 1. The smallest absolute Gasteiger partial charge is 0.262 e. The summed E-state index contributed by atoms with van der Waals surface area (Å²) in [5, 5.41) is 0.695. The van der Waals surface area contributed by atoms with Crippen LogP contribution in [0.3, 0.4) is 0 Å². The van der Waals surface area contributed by atoms with Gasteiger partial charge in [-0.1, -0.05) is 29.8 Å². The predicted molar refractivity (Wildman–Crippen MR) is 129 cm³/mol. The molecule has 0 fully saturated rings. The summed E-state index contributed by atoms with van der Waals surface area (Å²) in [6.45, 7) is 2.03. The van der Waals surface area contributed by atoms with Gasteiger partial charge in [0.15, 0.2) is 11.5 Å². The zero-order chi connectivity index (χ0) is 23.6. The lowest BCUT2D eigenvalue weighted by molar-refractivity contribution is 0.354. The molecule has 4 aromatic rings. The number of rotatable bonds is 7. The molecule has 8 heteroatoms. The van der Waals surface area contributed by atoms with E-state index >= 15 is 0 Å². The number of anilines is 1. The van der Waals surface area contributed by atoms with E-state index < -0.39 is 10.0 Å². The lowest BCUT2D eigenvalue weighted by Crippen LogP contribution is -2.13. The first-order chi connectivity index (χ1) is 15.8. The van der Waals surface area contributed by atoms with Gasteiger partial charge in [0.2, 0.25) is 0 Å². The molecule has 0 unspecified atom stereocenters. The number of hydrogen-bond acceptors (Lipinski definition) is 6. The average molecular weight is 465 g/mol. The topological polar surface area (TPSA) is 86.8 Å². The van der Waals surface area contributed by atoms with Crippen molar-refractivity contribution in [2.24, 2.45) is 0 Å². The highest BCUT2D eigenvalue weighted by atomic mass is 32.2. The highest BCUT2D eigenvalue weighted by molar-refractivity contribution is 7.92. The lowest BCUT2D eigenvalue weighted by Gasteiger charge is -2.13. The van der Waals surface area contributed by atoms with Gasteiger partial charge in [-0.05, 0) is 37.3 Å². The number of pyridine rings is 1. The van der Waals surface area contributed by atoms with E-state index in [9.17, 15) is 8.42 Å². The van der Waals surface area contributed by atoms with Gasteiger partial charge in [-0.15, -0.1) is 0 Å². The Balaban J connectivity index is 1.70. The Hall–Kier alpha value is -3.78. The van der Waals surface area contributed by atoms with Crippen LogP contribution >= 0.6 is 0 Å². The molecule has 0 saturated carbocycles. The predicted octanol–water partition coefficient (Wildman–Crippen LogP) is 5.04. The second-order valence-corrected chi connectivity index (χ2v) is 9.11. The van der Waals surface area contributed by atoms with Gasteiger partial charge in [-0.3, -0.25) is 4.72 Å². The van der Waals surface area contributed by atoms with Crippen molar-refractivity contribution in [2.75, 3.05) is 26.1 Å². The van der Waals surface area contributed by atoms with Crippen molar-refractivity contribution in [1.29, 1.82) is 0 Å². The van der Waals surface area contributed by atoms with Crippen LogP contribution in [0, 0.1) is 6.92 Å². The van der Waals surface area contributed by atoms with Crippen LogP contribution in [0.25, 0.3) is 22.2 Å². The number of sulfonamides is 1. The molecule has 33 heavy (non-hydrogen) atoms. The van der Waals surface area contributed by atoms with Gasteiger partial charge in [0.25, 0.3) is 10.0 Å². The molecule has 1 N–H and O–H groups in total. The van der Waals surface area contributed by atoms with Crippen LogP contribution in [0.15, 0.2) is 71.6 Å². The first-order valence-corrected chi connectivity index (χ1v) is 11.6. The first-order valence-electron chi connectivity index (χ1n) is 10.2. The molecule has 0 atom stereocenters. The van der Waals surface area contributed by atoms with Crippen molar-refractivity contribution in [3.8, 4) is 28.5 Å². The van der Waals surface area contributed by atoms with Gasteiger partial charge in [-0.2, -0.15) is 0 Å². The van der Waals surface area contributed by atoms with Crippen LogP contribution in [0.1, 0.15) is 5.56 Å². The number of nitrogens with zero attached hydrogens (tertiary/aromatic N) is 1. The Bertz CT molecular complexity index is 1420. The van der Waals surface area contributed by atoms with Crippen LogP contribution in [-0.4, -0.2) is 34.7 Å². The first kappa shape index (κ1) is 22.4. The normalized spacial score (nSPS) is 11.3. The van der Waals surface area contributed by atoms with Gasteiger partial charge in [0.1, 0.15) is 5.75 Å². The SMILES string of the molecule is COc1ccc(S(=O)(=O)Nc2ccc3nc(-c4ccc(C)cc4)cc(OC)c3c2)cc1OC. The maximum absolute atomic E-state index is 13.0. The molecule has 7 nitrogen and oxygen atoms in total. The lowest BCUT2D eigenvalue weighted by atomic mass is 10.1. The van der Waals surface area contributed by atoms with Crippen molar-refractivity contribution in [1.82, 2.24) is 4.98 Å². The van der Waals surface area contributed by atoms with Gasteiger partial charge < -0.3 is 14.2 Å². The van der Waals surface area contributed by atoms with Gasteiger partial charge in [0, 0.05) is 28.8 Å². The number of methoxy groups -OCH3 is 3. The molecule has 4 rings (SSSR count). The van der Waals surface area contributed by atoms with Crippen LogP contribution in [0.4, 0.5) is 5.69 Å². The molecule has 170 valence electrons. The summed E-state index contributed by atoms with van der Waals surface area (Å²) in [6.07, 6.45) is 0. The summed E-state index contributed by atoms with van der Waals surface area (Å²) in [5.74, 6) is 1.37. The van der Waals surface area contributed by atoms with Gasteiger partial charge in [-0.25, -0.2) is 13.4 Å². The summed E-state index contributed by atoms with van der Waals surface area (Å²) in [5.41, 5.74) is 3.99. The monoisotopic (exact) mass is 464 g/mol. The van der Waals surface area contributed by atoms with Gasteiger partial charge >= 0.3 is 0 Å². The quantitative estimate of drug-likeness (QED) is 0.413. The number of aryl methyl sites for hydroxylation is 1. The fraction of sp³-hybridized carbons (Fsp3) is 0.160. The zero-order valence-corrected chi connectivity index (χ0v) is 19.6. The number of ether oxygens (including phenoxy) is 3. The van der Waals surface area contributed by atoms with Crippen molar-refractivity contribution in [2.45, 2.75) is 11.8 Å². The third-order valence-electron chi connectivity index (χ3n) is 5.26. The molecular formula is C25H24N2O5S. The summed E-state index contributed by atoms with van der Waals surface area (Å²) in [7, 11) is 0.661. The van der Waals surface area contributed by atoms with Gasteiger partial charge in [0.05, 0.1) is 37.4 Å². The number of fused-ring (bicyclic) bond motifs is 1. The molecule has 0 aliphatic rings. The average Bonchev–Trinajstić information content (AvgIpc) is 2.83. The van der Waals surface area contributed by atoms with E-state index in [1.807, 2.05) is 37.3 Å². The Kier molecular flexibility index (Phi) is 6.11. The summed E-state index contributed by atoms with van der Waals surface area (Å²) in [6, 6.07) is 19.5. The van der Waals surface area contributed by atoms with E-state index in [4.69, 9.17) is 19.2 Å². The molecule has 3 aromatic carbocycles. The molecule has 1 heterocycles. The van der Waals surface area contributed by atoms with E-state index in [-0.39, 0.29) is 4.90 Å². The van der Waals surface area contributed by atoms with Crippen molar-refractivity contribution >= 4 is 26.6 Å². The molecule has 0 amide bonds. The zero-order valence-electron chi connectivity index (χ0n) is 18.7. The standard InChI is InChI=1S/C25H24N2O5S/c1-16-5-7-17(8-6-16)22-15-24(31-3)20-13-18(9-11-21(20)26-22)27-33(28,29)19-10-12-23(30-2)25(14-19)32-4/h5-15,27H,1-4H3. The maximum Gasteiger partial charge on any atom is 0.262 e. The van der Waals surface area contributed by atoms with Crippen LogP contribution < -0.4 is 18.9 Å². The highest BCUT2D eigenvalue weighted by Crippen LogP contribution is 2.33. The fourth-order valence-electron chi connectivity index (χ4n) is 3.50. The summed E-state index contributed by atoms with van der Waals surface area (Å²) < 4.78 is 44.6. The number of nitrogens with one attached hydrogen (secondary N) is 1. The Labute approximate surface area is 193 Å². The minimum absolute atomic E-state index is 0.0556. The van der Waals surface area contributed by atoms with Crippen LogP contribution in [0.2, 0.25) is 0 Å². The van der Waals surface area contributed by atoms with Crippen molar-refractivity contribution in [3.63, 3.8) is 0 Å². The number of hydrogen-bond donors (Lipinski definition) is 1. The Morgan fingerprint density at radius 2 is 1.45 bits per heavy atom. The molecule has 0 bridgehead atoms. The van der Waals surface area contributed by atoms with Crippen LogP contribution in [0.5, 0.6) is 17.2 Å². The maximum atomic E-state index is 13.0. The molecular weight excluding hydrogens is 440 g/mol. The van der Waals surface area contributed by atoms with Crippen LogP contribution in [-0.2, 0) is 10.0 Å². The van der Waals surface area contributed by atoms with E-state index in [0.717, 1.165) is 16.8 Å². The Morgan fingerprint density at radius 1 is 0.758 bits per heavy atom. The van der Waals surface area contributed by atoms with E-state index in [1.165, 1.54) is 26.4 Å². The third-order valence-corrected chi connectivity index (χ3v) is 6.63. The second kappa shape index (κ2) is 8.99. The molecule has 0 saturated heterocycles. The van der Waals surface area contributed by atoms with Crippen molar-refractivity contribution in [3.05, 3.63) is 72.3 Å². The summed E-state index contributed by atoms with van der Waals surface area (Å²) in [4.78, 5) is 4.79. The Morgan fingerprint density at radius 3 is 2.12 bits per heavy atom. The second-order valence-electron chi connectivity index (χ2n) is 7.43. The molecule has 0 aliphatic heterocycles. The molecule has 0 radical (unpaired) electrons. The third kappa shape index (κ3) is 4.56. The minimum Gasteiger partial charge on any atom is -0.496 e. The minimum atomic E-state index is -3.86. The molecule has 0 spiro atoms. The van der Waals surface area contributed by atoms with E-state index in [1.54, 1.807) is 31.4 Å².